The summed E-state index contributed by atoms with van der Waals surface area (Å²) in [5.41, 5.74) is 3.06. The Morgan fingerprint density at radius 2 is 1.95 bits per heavy atom. The van der Waals surface area contributed by atoms with Crippen LogP contribution in [0.3, 0.4) is 0 Å². The van der Waals surface area contributed by atoms with Crippen molar-refractivity contribution >= 4 is 11.6 Å². The standard InChI is InChI=1S/C16H15ClFNO/c17-10-13-7-8-19-16(15(13)18)20-14-6-5-11-3-1-2-4-12(11)9-14/h5-9H,1-4,10H2. The molecular weight excluding hydrogens is 277 g/mol. The number of aryl methyl sites for hydroxylation is 2. The summed E-state index contributed by atoms with van der Waals surface area (Å²) < 4.78 is 19.6. The van der Waals surface area contributed by atoms with Gasteiger partial charge in [0.1, 0.15) is 5.75 Å². The number of benzene rings is 1. The largest absolute Gasteiger partial charge is 0.436 e. The maximum atomic E-state index is 14.0. The zero-order chi connectivity index (χ0) is 13.9. The summed E-state index contributed by atoms with van der Waals surface area (Å²) in [5, 5.41) is 0. The van der Waals surface area contributed by atoms with Gasteiger partial charge in [-0.05, 0) is 55.0 Å². The molecular formula is C16H15ClFNO. The van der Waals surface area contributed by atoms with Gasteiger partial charge in [-0.25, -0.2) is 9.37 Å². The Bertz CT molecular complexity index is 630. The highest BCUT2D eigenvalue weighted by atomic mass is 35.5. The third kappa shape index (κ3) is 2.63. The minimum Gasteiger partial charge on any atom is -0.436 e. The third-order valence-electron chi connectivity index (χ3n) is 3.62. The van der Waals surface area contributed by atoms with Gasteiger partial charge in [0.15, 0.2) is 5.82 Å². The van der Waals surface area contributed by atoms with Crippen LogP contribution in [0.15, 0.2) is 30.5 Å². The van der Waals surface area contributed by atoms with Crippen molar-refractivity contribution in [2.45, 2.75) is 31.6 Å². The van der Waals surface area contributed by atoms with Crippen LogP contribution in [0.25, 0.3) is 0 Å². The number of rotatable bonds is 3. The lowest BCUT2D eigenvalue weighted by molar-refractivity contribution is 0.419. The molecule has 0 amide bonds. The lowest BCUT2D eigenvalue weighted by Gasteiger charge is -2.16. The van der Waals surface area contributed by atoms with Crippen LogP contribution in [0, 0.1) is 5.82 Å². The number of alkyl halides is 1. The fourth-order valence-corrected chi connectivity index (χ4v) is 2.73. The highest BCUT2D eigenvalue weighted by molar-refractivity contribution is 6.17. The van der Waals surface area contributed by atoms with Crippen molar-refractivity contribution in [3.05, 3.63) is 53.0 Å². The lowest BCUT2D eigenvalue weighted by Crippen LogP contribution is -2.03. The second kappa shape index (κ2) is 5.80. The molecule has 1 aromatic heterocycles. The molecule has 4 heteroatoms. The van der Waals surface area contributed by atoms with Gasteiger partial charge >= 0.3 is 0 Å². The van der Waals surface area contributed by atoms with Crippen molar-refractivity contribution in [3.63, 3.8) is 0 Å². The molecule has 2 aromatic rings. The highest BCUT2D eigenvalue weighted by Crippen LogP contribution is 2.29. The molecule has 1 heterocycles. The first-order valence-corrected chi connectivity index (χ1v) is 7.30. The zero-order valence-corrected chi connectivity index (χ0v) is 11.8. The van der Waals surface area contributed by atoms with E-state index in [2.05, 4.69) is 11.1 Å². The Kier molecular flexibility index (Phi) is 3.88. The molecule has 0 N–H and O–H groups in total. The summed E-state index contributed by atoms with van der Waals surface area (Å²) in [4.78, 5) is 3.94. The van der Waals surface area contributed by atoms with E-state index in [9.17, 15) is 4.39 Å². The monoisotopic (exact) mass is 291 g/mol. The minimum atomic E-state index is -0.486. The van der Waals surface area contributed by atoms with E-state index in [1.54, 1.807) is 6.07 Å². The van der Waals surface area contributed by atoms with Crippen molar-refractivity contribution in [1.82, 2.24) is 4.98 Å². The van der Waals surface area contributed by atoms with E-state index in [1.807, 2.05) is 12.1 Å². The molecule has 0 bridgehead atoms. The van der Waals surface area contributed by atoms with Gasteiger partial charge in [0.05, 0.1) is 5.88 Å². The van der Waals surface area contributed by atoms with Gasteiger partial charge in [0, 0.05) is 11.8 Å². The summed E-state index contributed by atoms with van der Waals surface area (Å²) in [7, 11) is 0. The predicted octanol–water partition coefficient (Wildman–Crippen LogP) is 4.63. The van der Waals surface area contributed by atoms with Crippen molar-refractivity contribution in [2.75, 3.05) is 0 Å². The summed E-state index contributed by atoms with van der Waals surface area (Å²) in [6.07, 6.45) is 6.12. The summed E-state index contributed by atoms with van der Waals surface area (Å²) in [6, 6.07) is 7.48. The van der Waals surface area contributed by atoms with Crippen molar-refractivity contribution in [2.24, 2.45) is 0 Å². The van der Waals surface area contributed by atoms with Crippen LogP contribution >= 0.6 is 11.6 Å². The van der Waals surface area contributed by atoms with Crippen LogP contribution in [0.1, 0.15) is 29.5 Å². The number of nitrogens with zero attached hydrogens (tertiary/aromatic N) is 1. The number of fused-ring (bicyclic) bond motifs is 1. The number of pyridine rings is 1. The number of halogens is 2. The second-order valence-electron chi connectivity index (χ2n) is 4.96. The molecule has 20 heavy (non-hydrogen) atoms. The van der Waals surface area contributed by atoms with Gasteiger partial charge in [-0.3, -0.25) is 0 Å². The van der Waals surface area contributed by atoms with Crippen molar-refractivity contribution < 1.29 is 9.13 Å². The lowest BCUT2D eigenvalue weighted by atomic mass is 9.92. The van der Waals surface area contributed by atoms with Crippen LogP contribution in [0.2, 0.25) is 0 Å². The fraction of sp³-hybridized carbons (Fsp3) is 0.312. The second-order valence-corrected chi connectivity index (χ2v) is 5.23. The van der Waals surface area contributed by atoms with Crippen molar-refractivity contribution in [3.8, 4) is 11.6 Å². The van der Waals surface area contributed by atoms with E-state index < -0.39 is 5.82 Å². The topological polar surface area (TPSA) is 22.1 Å². The Balaban J connectivity index is 1.88. The summed E-state index contributed by atoms with van der Waals surface area (Å²) in [6.45, 7) is 0. The predicted molar refractivity (Wildman–Crippen MR) is 76.9 cm³/mol. The molecule has 0 fully saturated rings. The van der Waals surface area contributed by atoms with Gasteiger partial charge < -0.3 is 4.74 Å². The maximum Gasteiger partial charge on any atom is 0.256 e. The van der Waals surface area contributed by atoms with Crippen LogP contribution in [-0.2, 0) is 18.7 Å². The molecule has 0 saturated carbocycles. The highest BCUT2D eigenvalue weighted by Gasteiger charge is 2.13. The number of hydrogen-bond donors (Lipinski definition) is 0. The molecule has 2 nitrogen and oxygen atoms in total. The van der Waals surface area contributed by atoms with Gasteiger partial charge in [-0.1, -0.05) is 6.07 Å². The Morgan fingerprint density at radius 3 is 2.75 bits per heavy atom. The van der Waals surface area contributed by atoms with E-state index in [0.717, 1.165) is 12.8 Å². The molecule has 1 aliphatic rings. The summed E-state index contributed by atoms with van der Waals surface area (Å²) in [5.74, 6) is 0.234. The molecule has 104 valence electrons. The van der Waals surface area contributed by atoms with Gasteiger partial charge in [0.2, 0.25) is 0 Å². The van der Waals surface area contributed by atoms with Crippen LogP contribution in [0.5, 0.6) is 11.6 Å². The maximum absolute atomic E-state index is 14.0. The molecule has 1 aromatic carbocycles. The summed E-state index contributed by atoms with van der Waals surface area (Å²) >= 11 is 5.68. The molecule has 0 atom stereocenters. The first-order valence-electron chi connectivity index (χ1n) is 6.77. The molecule has 0 unspecified atom stereocenters. The molecule has 0 spiro atoms. The fourth-order valence-electron chi connectivity index (χ4n) is 2.52. The van der Waals surface area contributed by atoms with E-state index >= 15 is 0 Å². The Hall–Kier alpha value is -1.61. The average Bonchev–Trinajstić information content (AvgIpc) is 2.49. The normalized spacial score (nSPS) is 13.9. The van der Waals surface area contributed by atoms with Crippen LogP contribution in [-0.4, -0.2) is 4.98 Å². The molecule has 0 radical (unpaired) electrons. The van der Waals surface area contributed by atoms with E-state index in [4.69, 9.17) is 16.3 Å². The number of hydrogen-bond acceptors (Lipinski definition) is 2. The Labute approximate surface area is 122 Å². The van der Waals surface area contributed by atoms with Crippen molar-refractivity contribution in [1.29, 1.82) is 0 Å². The van der Waals surface area contributed by atoms with Gasteiger partial charge in [-0.2, -0.15) is 0 Å². The number of ether oxygens (including phenoxy) is 1. The molecule has 1 aliphatic carbocycles. The number of aromatic nitrogens is 1. The first-order chi connectivity index (χ1) is 9.78. The first kappa shape index (κ1) is 13.4. The van der Waals surface area contributed by atoms with E-state index in [1.165, 1.54) is 30.2 Å². The van der Waals surface area contributed by atoms with Gasteiger partial charge in [-0.15, -0.1) is 11.6 Å². The molecule has 3 rings (SSSR count). The average molecular weight is 292 g/mol. The van der Waals surface area contributed by atoms with E-state index in [0.29, 0.717) is 11.3 Å². The van der Waals surface area contributed by atoms with Crippen LogP contribution in [0.4, 0.5) is 4.39 Å². The molecule has 0 saturated heterocycles. The third-order valence-corrected chi connectivity index (χ3v) is 3.90. The smallest absolute Gasteiger partial charge is 0.256 e. The molecule has 0 aliphatic heterocycles. The van der Waals surface area contributed by atoms with Gasteiger partial charge in [0.25, 0.3) is 5.88 Å². The minimum absolute atomic E-state index is 0.0149. The zero-order valence-electron chi connectivity index (χ0n) is 11.0. The van der Waals surface area contributed by atoms with E-state index in [-0.39, 0.29) is 11.8 Å². The quantitative estimate of drug-likeness (QED) is 0.769. The Morgan fingerprint density at radius 1 is 1.15 bits per heavy atom. The SMILES string of the molecule is Fc1c(CCl)ccnc1Oc1ccc2c(c1)CCCC2. The van der Waals surface area contributed by atoms with Crippen LogP contribution < -0.4 is 4.74 Å².